The zero-order valence-electron chi connectivity index (χ0n) is 12.4. The molecule has 1 aromatic rings. The first-order valence-electron chi connectivity index (χ1n) is 6.93. The minimum Gasteiger partial charge on any atom is -0.480 e. The number of oxazole rings is 1. The van der Waals surface area contributed by atoms with Crippen molar-refractivity contribution in [2.45, 2.75) is 57.3 Å². The van der Waals surface area contributed by atoms with Gasteiger partial charge in [-0.05, 0) is 46.5 Å². The van der Waals surface area contributed by atoms with E-state index in [9.17, 15) is 9.90 Å². The molecule has 1 atom stereocenters. The first-order valence-corrected chi connectivity index (χ1v) is 7.91. The summed E-state index contributed by atoms with van der Waals surface area (Å²) >= 11 is 1.38. The minimum absolute atomic E-state index is 0.125. The molecule has 0 saturated heterocycles. The van der Waals surface area contributed by atoms with Crippen LogP contribution < -0.4 is 5.32 Å². The van der Waals surface area contributed by atoms with E-state index in [0.29, 0.717) is 11.0 Å². The second-order valence-corrected chi connectivity index (χ2v) is 6.69. The number of rotatable bonds is 7. The molecule has 1 fully saturated rings. The zero-order valence-corrected chi connectivity index (χ0v) is 13.2. The van der Waals surface area contributed by atoms with E-state index in [1.807, 2.05) is 27.7 Å². The molecule has 2 N–H and O–H groups in total. The third-order valence-electron chi connectivity index (χ3n) is 3.63. The standard InChI is InChI=1S/C14H22N2O3S/c1-8(2)16-14(12(17)18,11-5-6-11)7-20-13-15-9(3)10(4)19-13/h8,11,16H,5-7H2,1-4H3,(H,17,18). The summed E-state index contributed by atoms with van der Waals surface area (Å²) in [5.41, 5.74) is -0.0218. The Morgan fingerprint density at radius 2 is 2.20 bits per heavy atom. The van der Waals surface area contributed by atoms with Gasteiger partial charge in [-0.25, -0.2) is 4.98 Å². The molecule has 1 aliphatic rings. The van der Waals surface area contributed by atoms with Crippen molar-refractivity contribution >= 4 is 17.7 Å². The van der Waals surface area contributed by atoms with Crippen molar-refractivity contribution in [3.05, 3.63) is 11.5 Å². The molecule has 1 unspecified atom stereocenters. The van der Waals surface area contributed by atoms with Gasteiger partial charge < -0.3 is 9.52 Å². The van der Waals surface area contributed by atoms with Crippen LogP contribution in [-0.2, 0) is 4.79 Å². The molecule has 112 valence electrons. The van der Waals surface area contributed by atoms with Crippen molar-refractivity contribution in [3.63, 3.8) is 0 Å². The number of carboxylic acid groups (broad SMARTS) is 1. The predicted molar refractivity (Wildman–Crippen MR) is 78.1 cm³/mol. The van der Waals surface area contributed by atoms with E-state index in [-0.39, 0.29) is 12.0 Å². The molecule has 0 aliphatic heterocycles. The number of aliphatic carboxylic acids is 1. The highest BCUT2D eigenvalue weighted by molar-refractivity contribution is 7.99. The Kier molecular flexibility index (Phi) is 4.44. The molecule has 1 heterocycles. The maximum atomic E-state index is 11.8. The number of nitrogens with zero attached hydrogens (tertiary/aromatic N) is 1. The minimum atomic E-state index is -0.880. The number of nitrogens with one attached hydrogen (secondary N) is 1. The normalized spacial score (nSPS) is 18.2. The lowest BCUT2D eigenvalue weighted by Gasteiger charge is -2.32. The molecule has 5 nitrogen and oxygen atoms in total. The Bertz CT molecular complexity index is 477. The largest absolute Gasteiger partial charge is 0.480 e. The van der Waals surface area contributed by atoms with E-state index < -0.39 is 11.5 Å². The Hall–Kier alpha value is -1.01. The summed E-state index contributed by atoms with van der Waals surface area (Å²) in [5, 5.41) is 13.5. The molecule has 6 heteroatoms. The topological polar surface area (TPSA) is 75.4 Å². The summed E-state index contributed by atoms with van der Waals surface area (Å²) in [5.74, 6) is 0.648. The molecule has 0 bridgehead atoms. The molecule has 2 rings (SSSR count). The maximum Gasteiger partial charge on any atom is 0.325 e. The summed E-state index contributed by atoms with van der Waals surface area (Å²) in [6, 6.07) is 0.125. The van der Waals surface area contributed by atoms with Gasteiger partial charge in [0.1, 0.15) is 11.3 Å². The van der Waals surface area contributed by atoms with Crippen LogP contribution in [0, 0.1) is 19.8 Å². The van der Waals surface area contributed by atoms with Crippen LogP contribution in [-0.4, -0.2) is 33.4 Å². The Balaban J connectivity index is 2.13. The molecule has 1 saturated carbocycles. The molecule has 1 aromatic heterocycles. The molecule has 1 aliphatic carbocycles. The lowest BCUT2D eigenvalue weighted by molar-refractivity contribution is -0.145. The number of carboxylic acids is 1. The third kappa shape index (κ3) is 3.17. The fourth-order valence-corrected chi connectivity index (χ4v) is 3.53. The van der Waals surface area contributed by atoms with Crippen LogP contribution in [0.25, 0.3) is 0 Å². The highest BCUT2D eigenvalue weighted by Gasteiger charge is 2.51. The third-order valence-corrected chi connectivity index (χ3v) is 4.66. The van der Waals surface area contributed by atoms with E-state index >= 15 is 0 Å². The number of carbonyl (C=O) groups is 1. The van der Waals surface area contributed by atoms with E-state index in [4.69, 9.17) is 4.42 Å². The molecule has 0 spiro atoms. The van der Waals surface area contributed by atoms with Gasteiger partial charge in [0.05, 0.1) is 5.69 Å². The second kappa shape index (κ2) is 5.77. The van der Waals surface area contributed by atoms with Gasteiger partial charge >= 0.3 is 5.97 Å². The van der Waals surface area contributed by atoms with Crippen LogP contribution in [0.3, 0.4) is 0 Å². The molecule has 0 amide bonds. The van der Waals surface area contributed by atoms with Crippen molar-refractivity contribution in [2.24, 2.45) is 5.92 Å². The zero-order chi connectivity index (χ0) is 14.9. The average molecular weight is 298 g/mol. The average Bonchev–Trinajstić information content (AvgIpc) is 3.13. The van der Waals surface area contributed by atoms with Gasteiger partial charge in [-0.1, -0.05) is 11.8 Å². The second-order valence-electron chi connectivity index (χ2n) is 5.76. The van der Waals surface area contributed by atoms with Crippen LogP contribution in [0.2, 0.25) is 0 Å². The van der Waals surface area contributed by atoms with Crippen LogP contribution in [0.1, 0.15) is 38.1 Å². The number of aromatic nitrogens is 1. The van der Waals surface area contributed by atoms with Crippen molar-refractivity contribution in [3.8, 4) is 0 Å². The molecular weight excluding hydrogens is 276 g/mol. The van der Waals surface area contributed by atoms with Gasteiger partial charge in [0.15, 0.2) is 0 Å². The van der Waals surface area contributed by atoms with Crippen molar-refractivity contribution < 1.29 is 14.3 Å². The van der Waals surface area contributed by atoms with Crippen molar-refractivity contribution in [1.82, 2.24) is 10.3 Å². The highest BCUT2D eigenvalue weighted by Crippen LogP contribution is 2.43. The van der Waals surface area contributed by atoms with Gasteiger partial charge in [-0.2, -0.15) is 0 Å². The number of thioether (sulfide) groups is 1. The van der Waals surface area contributed by atoms with Gasteiger partial charge in [-0.3, -0.25) is 10.1 Å². The van der Waals surface area contributed by atoms with Gasteiger partial charge in [0, 0.05) is 11.8 Å². The fraction of sp³-hybridized carbons (Fsp3) is 0.714. The summed E-state index contributed by atoms with van der Waals surface area (Å²) < 4.78 is 5.53. The Morgan fingerprint density at radius 1 is 1.55 bits per heavy atom. The van der Waals surface area contributed by atoms with Crippen LogP contribution in [0.15, 0.2) is 9.64 Å². The van der Waals surface area contributed by atoms with Gasteiger partial charge in [0.25, 0.3) is 5.22 Å². The quantitative estimate of drug-likeness (QED) is 0.754. The maximum absolute atomic E-state index is 11.8. The van der Waals surface area contributed by atoms with Crippen LogP contribution in [0.4, 0.5) is 0 Å². The van der Waals surface area contributed by atoms with E-state index in [1.54, 1.807) is 0 Å². The van der Waals surface area contributed by atoms with E-state index in [1.165, 1.54) is 11.8 Å². The number of hydrogen-bond donors (Lipinski definition) is 2. The van der Waals surface area contributed by atoms with Gasteiger partial charge in [-0.15, -0.1) is 0 Å². The van der Waals surface area contributed by atoms with Crippen LogP contribution in [0.5, 0.6) is 0 Å². The predicted octanol–water partition coefficient (Wildman–Crippen LogP) is 2.61. The Morgan fingerprint density at radius 3 is 2.60 bits per heavy atom. The number of hydrogen-bond acceptors (Lipinski definition) is 5. The van der Waals surface area contributed by atoms with E-state index in [2.05, 4.69) is 10.3 Å². The molecule has 0 radical (unpaired) electrons. The van der Waals surface area contributed by atoms with Gasteiger partial charge in [0.2, 0.25) is 0 Å². The highest BCUT2D eigenvalue weighted by atomic mass is 32.2. The first-order chi connectivity index (χ1) is 9.35. The first kappa shape index (κ1) is 15.4. The lowest BCUT2D eigenvalue weighted by atomic mass is 9.94. The SMILES string of the molecule is Cc1nc(SCC(NC(C)C)(C(=O)O)C2CC2)oc1C. The molecule has 0 aromatic carbocycles. The van der Waals surface area contributed by atoms with Crippen LogP contribution >= 0.6 is 11.8 Å². The summed E-state index contributed by atoms with van der Waals surface area (Å²) in [6.07, 6.45) is 1.94. The molecule has 20 heavy (non-hydrogen) atoms. The number of aryl methyl sites for hydroxylation is 2. The van der Waals surface area contributed by atoms with Crippen molar-refractivity contribution in [2.75, 3.05) is 5.75 Å². The smallest absolute Gasteiger partial charge is 0.325 e. The summed E-state index contributed by atoms with van der Waals surface area (Å²) in [7, 11) is 0. The monoisotopic (exact) mass is 298 g/mol. The summed E-state index contributed by atoms with van der Waals surface area (Å²) in [4.78, 5) is 16.1. The molecular formula is C14H22N2O3S. The lowest BCUT2D eigenvalue weighted by Crippen LogP contribution is -2.58. The summed E-state index contributed by atoms with van der Waals surface area (Å²) in [6.45, 7) is 7.71. The Labute approximate surface area is 123 Å². The fourth-order valence-electron chi connectivity index (χ4n) is 2.35. The van der Waals surface area contributed by atoms with Crippen molar-refractivity contribution in [1.29, 1.82) is 0 Å². The van der Waals surface area contributed by atoms with E-state index in [0.717, 1.165) is 24.3 Å².